The van der Waals surface area contributed by atoms with E-state index in [-0.39, 0.29) is 17.4 Å². The smallest absolute Gasteiger partial charge is 0.344 e. The monoisotopic (exact) mass is 359 g/mol. The number of ketones is 1. The minimum atomic E-state index is -0.680. The van der Waals surface area contributed by atoms with Crippen molar-refractivity contribution in [3.63, 3.8) is 0 Å². The average Bonchev–Trinajstić information content (AvgIpc) is 2.35. The van der Waals surface area contributed by atoms with Gasteiger partial charge in [0.05, 0.1) is 16.6 Å². The molecule has 0 aliphatic rings. The molecular weight excluding hydrogens is 346 g/mol. The maximum Gasteiger partial charge on any atom is 0.344 e. The predicted molar refractivity (Wildman–Crippen MR) is 77.5 cm³/mol. The fourth-order valence-corrected chi connectivity index (χ4v) is 2.00. The summed E-state index contributed by atoms with van der Waals surface area (Å²) < 4.78 is 10.4. The van der Waals surface area contributed by atoms with E-state index in [2.05, 4.69) is 15.9 Å². The lowest BCUT2D eigenvalue weighted by atomic mass is 10.1. The Morgan fingerprint density at radius 1 is 1.38 bits per heavy atom. The lowest BCUT2D eigenvalue weighted by molar-refractivity contribution is -0.385. The third-order valence-electron chi connectivity index (χ3n) is 2.31. The number of halogens is 1. The lowest BCUT2D eigenvalue weighted by Crippen LogP contribution is -2.19. The van der Waals surface area contributed by atoms with Crippen LogP contribution in [0.3, 0.4) is 0 Å². The highest BCUT2D eigenvalue weighted by Crippen LogP contribution is 2.35. The Bertz CT molecular complexity index is 549. The van der Waals surface area contributed by atoms with E-state index in [0.717, 1.165) is 0 Å². The van der Waals surface area contributed by atoms with Crippen molar-refractivity contribution in [2.24, 2.45) is 0 Å². The second kappa shape index (κ2) is 7.16. The largest absolute Gasteiger partial charge is 0.474 e. The summed E-state index contributed by atoms with van der Waals surface area (Å²) in [6.45, 7) is 4.08. The number of nitrogens with zero attached hydrogens (tertiary/aromatic N) is 1. The number of nitro benzene ring substituents is 1. The van der Waals surface area contributed by atoms with E-state index in [0.29, 0.717) is 4.47 Å². The van der Waals surface area contributed by atoms with Gasteiger partial charge in [-0.2, -0.15) is 0 Å². The van der Waals surface area contributed by atoms with Crippen LogP contribution in [0.5, 0.6) is 5.75 Å². The van der Waals surface area contributed by atoms with Crippen LogP contribution < -0.4 is 4.74 Å². The number of carbonyl (C=O) groups excluding carboxylic acids is 2. The molecule has 0 atom stereocenters. The molecule has 0 aliphatic heterocycles. The van der Waals surface area contributed by atoms with Gasteiger partial charge in [-0.15, -0.1) is 0 Å². The topological polar surface area (TPSA) is 95.7 Å². The summed E-state index contributed by atoms with van der Waals surface area (Å²) in [6.07, 6.45) is -0.326. The number of benzene rings is 1. The third-order valence-corrected chi connectivity index (χ3v) is 2.77. The van der Waals surface area contributed by atoms with Gasteiger partial charge >= 0.3 is 11.7 Å². The molecule has 1 aromatic carbocycles. The quantitative estimate of drug-likeness (QED) is 0.335. The molecule has 21 heavy (non-hydrogen) atoms. The first-order valence-corrected chi connectivity index (χ1v) is 6.82. The normalized spacial score (nSPS) is 10.3. The van der Waals surface area contributed by atoms with Gasteiger partial charge < -0.3 is 9.47 Å². The number of ether oxygens (including phenoxy) is 2. The summed E-state index contributed by atoms with van der Waals surface area (Å²) in [7, 11) is 0. The second-order valence-electron chi connectivity index (χ2n) is 4.44. The number of Topliss-reactive ketones (excluding diaryl/α,β-unsaturated/α-hetero) is 1. The van der Waals surface area contributed by atoms with Gasteiger partial charge in [0.1, 0.15) is 0 Å². The molecule has 114 valence electrons. The number of rotatable bonds is 6. The van der Waals surface area contributed by atoms with E-state index in [1.165, 1.54) is 19.1 Å². The van der Waals surface area contributed by atoms with Gasteiger partial charge in [0.25, 0.3) is 0 Å². The molecule has 8 heteroatoms. The van der Waals surface area contributed by atoms with Crippen molar-refractivity contribution >= 4 is 33.4 Å². The molecule has 0 saturated carbocycles. The first-order valence-electron chi connectivity index (χ1n) is 6.03. The Balaban J connectivity index is 3.11. The number of hydrogen-bond donors (Lipinski definition) is 0. The van der Waals surface area contributed by atoms with E-state index < -0.39 is 29.0 Å². The molecule has 7 nitrogen and oxygen atoms in total. The summed E-state index contributed by atoms with van der Waals surface area (Å²) in [5.41, 5.74) is -0.375. The van der Waals surface area contributed by atoms with Crippen LogP contribution in [0.1, 0.15) is 31.1 Å². The molecule has 0 bridgehead atoms. The molecule has 1 rings (SSSR count). The van der Waals surface area contributed by atoms with Gasteiger partial charge in [0.15, 0.2) is 12.4 Å². The van der Waals surface area contributed by atoms with Crippen LogP contribution in [0.15, 0.2) is 16.6 Å². The van der Waals surface area contributed by atoms with Crippen molar-refractivity contribution in [1.82, 2.24) is 0 Å². The summed E-state index contributed by atoms with van der Waals surface area (Å²) in [5, 5.41) is 11.0. The van der Waals surface area contributed by atoms with Gasteiger partial charge in [-0.25, -0.2) is 4.79 Å². The number of hydrogen-bond acceptors (Lipinski definition) is 6. The zero-order valence-electron chi connectivity index (χ0n) is 11.7. The third kappa shape index (κ3) is 4.82. The van der Waals surface area contributed by atoms with Crippen molar-refractivity contribution in [2.45, 2.75) is 26.9 Å². The van der Waals surface area contributed by atoms with E-state index in [1.807, 2.05) is 0 Å². The van der Waals surface area contributed by atoms with Crippen LogP contribution in [0.25, 0.3) is 0 Å². The second-order valence-corrected chi connectivity index (χ2v) is 5.36. The van der Waals surface area contributed by atoms with E-state index >= 15 is 0 Å². The van der Waals surface area contributed by atoms with E-state index in [9.17, 15) is 19.7 Å². The fraction of sp³-hybridized carbons (Fsp3) is 0.385. The molecule has 0 saturated heterocycles. The van der Waals surface area contributed by atoms with Gasteiger partial charge in [-0.05, 0) is 26.8 Å². The molecule has 0 radical (unpaired) electrons. The minimum Gasteiger partial charge on any atom is -0.474 e. The summed E-state index contributed by atoms with van der Waals surface area (Å²) in [6, 6.07) is 2.61. The molecule has 0 heterocycles. The Hall–Kier alpha value is -1.96. The molecule has 0 unspecified atom stereocenters. The minimum absolute atomic E-state index is 0.0217. The van der Waals surface area contributed by atoms with Crippen molar-refractivity contribution < 1.29 is 24.0 Å². The highest BCUT2D eigenvalue weighted by molar-refractivity contribution is 9.10. The fourth-order valence-electron chi connectivity index (χ4n) is 1.56. The van der Waals surface area contributed by atoms with Crippen LogP contribution >= 0.6 is 15.9 Å². The molecule has 0 fully saturated rings. The molecule has 0 aromatic heterocycles. The van der Waals surface area contributed by atoms with Gasteiger partial charge in [0.2, 0.25) is 5.75 Å². The summed E-state index contributed by atoms with van der Waals surface area (Å²) >= 11 is 3.09. The van der Waals surface area contributed by atoms with Crippen molar-refractivity contribution in [3.05, 3.63) is 32.3 Å². The number of carbonyl (C=O) groups is 2. The van der Waals surface area contributed by atoms with Crippen LogP contribution in [0.2, 0.25) is 0 Å². The van der Waals surface area contributed by atoms with E-state index in [4.69, 9.17) is 9.47 Å². The van der Waals surface area contributed by atoms with Crippen LogP contribution in [-0.2, 0) is 9.53 Å². The first kappa shape index (κ1) is 17.1. The first-order chi connectivity index (χ1) is 9.72. The molecule has 0 amide bonds. The van der Waals surface area contributed by atoms with Gasteiger partial charge in [0, 0.05) is 10.5 Å². The van der Waals surface area contributed by atoms with Crippen molar-refractivity contribution in [2.75, 3.05) is 6.61 Å². The van der Waals surface area contributed by atoms with Gasteiger partial charge in [-0.1, -0.05) is 15.9 Å². The molecule has 0 aliphatic carbocycles. The van der Waals surface area contributed by atoms with Gasteiger partial charge in [-0.3, -0.25) is 14.9 Å². The maximum absolute atomic E-state index is 11.6. The zero-order valence-corrected chi connectivity index (χ0v) is 13.3. The summed E-state index contributed by atoms with van der Waals surface area (Å²) in [5.74, 6) is -1.32. The molecule has 1 aromatic rings. The Morgan fingerprint density at radius 3 is 2.48 bits per heavy atom. The van der Waals surface area contributed by atoms with Crippen molar-refractivity contribution in [3.8, 4) is 5.75 Å². The molecular formula is C13H14BrNO6. The Kier molecular flexibility index (Phi) is 5.83. The Labute approximate surface area is 129 Å². The molecule has 0 N–H and O–H groups in total. The number of nitro groups is 1. The molecule has 0 spiro atoms. The van der Waals surface area contributed by atoms with Crippen molar-refractivity contribution in [1.29, 1.82) is 0 Å². The SMILES string of the molecule is CC(=O)c1cc(Br)cc([N+](=O)[O-])c1OCC(=O)OC(C)C. The van der Waals surface area contributed by atoms with Crippen LogP contribution in [0.4, 0.5) is 5.69 Å². The Morgan fingerprint density at radius 2 is 2.00 bits per heavy atom. The van der Waals surface area contributed by atoms with Crippen LogP contribution in [-0.4, -0.2) is 29.4 Å². The highest BCUT2D eigenvalue weighted by Gasteiger charge is 2.24. The maximum atomic E-state index is 11.6. The zero-order chi connectivity index (χ0) is 16.2. The van der Waals surface area contributed by atoms with E-state index in [1.54, 1.807) is 13.8 Å². The standard InChI is InChI=1S/C13H14BrNO6/c1-7(2)21-12(17)6-20-13-10(8(3)16)4-9(14)5-11(13)15(18)19/h4-5,7H,6H2,1-3H3. The highest BCUT2D eigenvalue weighted by atomic mass is 79.9. The van der Waals surface area contributed by atoms with Crippen LogP contribution in [0, 0.1) is 10.1 Å². The average molecular weight is 360 g/mol. The summed E-state index contributed by atoms with van der Waals surface area (Å²) in [4.78, 5) is 33.4. The predicted octanol–water partition coefficient (Wildman–Crippen LogP) is 2.89. The number of esters is 1. The lowest BCUT2D eigenvalue weighted by Gasteiger charge is -2.12.